The van der Waals surface area contributed by atoms with Gasteiger partial charge in [-0.3, -0.25) is 9.48 Å². The zero-order valence-electron chi connectivity index (χ0n) is 21.4. The largest absolute Gasteiger partial charge is 0.416 e. The molecule has 1 atom stereocenters. The van der Waals surface area contributed by atoms with Crippen molar-refractivity contribution < 1.29 is 18.0 Å². The molecule has 0 saturated carbocycles. The highest BCUT2D eigenvalue weighted by molar-refractivity contribution is 7.13. The van der Waals surface area contributed by atoms with E-state index in [1.165, 1.54) is 17.4 Å². The Bertz CT molecular complexity index is 1410. The molecule has 8 nitrogen and oxygen atoms in total. The van der Waals surface area contributed by atoms with Crippen molar-refractivity contribution in [2.75, 3.05) is 36.0 Å². The van der Waals surface area contributed by atoms with E-state index in [1.807, 2.05) is 42.7 Å². The van der Waals surface area contributed by atoms with Crippen LogP contribution in [0.4, 0.5) is 24.0 Å². The molecule has 2 aliphatic rings. The monoisotopic (exact) mass is 543 g/mol. The van der Waals surface area contributed by atoms with Crippen LogP contribution in [0.1, 0.15) is 40.7 Å². The number of hydrogen-bond donors (Lipinski definition) is 0. The van der Waals surface area contributed by atoms with Crippen LogP contribution in [0.5, 0.6) is 0 Å². The van der Waals surface area contributed by atoms with E-state index in [2.05, 4.69) is 15.0 Å². The molecule has 0 radical (unpaired) electrons. The predicted molar refractivity (Wildman–Crippen MR) is 138 cm³/mol. The van der Waals surface area contributed by atoms with Crippen molar-refractivity contribution in [3.05, 3.63) is 57.4 Å². The Morgan fingerprint density at radius 3 is 2.61 bits per heavy atom. The van der Waals surface area contributed by atoms with E-state index in [4.69, 9.17) is 5.26 Å². The number of aromatic nitrogens is 3. The van der Waals surface area contributed by atoms with Gasteiger partial charge in [0.25, 0.3) is 0 Å². The van der Waals surface area contributed by atoms with Crippen LogP contribution in [0.15, 0.2) is 23.6 Å². The maximum absolute atomic E-state index is 13.9. The smallest absolute Gasteiger partial charge is 0.367 e. The van der Waals surface area contributed by atoms with E-state index in [0.717, 1.165) is 17.1 Å². The van der Waals surface area contributed by atoms with Crippen molar-refractivity contribution in [2.24, 2.45) is 0 Å². The fourth-order valence-corrected chi connectivity index (χ4v) is 6.22. The second-order valence-electron chi connectivity index (χ2n) is 9.85. The van der Waals surface area contributed by atoms with Crippen molar-refractivity contribution in [1.29, 1.82) is 5.26 Å². The van der Waals surface area contributed by atoms with Crippen molar-refractivity contribution >= 4 is 28.1 Å². The van der Waals surface area contributed by atoms with Gasteiger partial charge in [-0.2, -0.15) is 23.5 Å². The van der Waals surface area contributed by atoms with Gasteiger partial charge < -0.3 is 14.7 Å². The summed E-state index contributed by atoms with van der Waals surface area (Å²) in [6, 6.07) is 6.57. The summed E-state index contributed by atoms with van der Waals surface area (Å²) in [6.07, 6.45) is -4.21. The van der Waals surface area contributed by atoms with Crippen molar-refractivity contribution in [1.82, 2.24) is 19.7 Å². The number of hydrogen-bond acceptors (Lipinski definition) is 7. The minimum absolute atomic E-state index is 0.0268. The van der Waals surface area contributed by atoms with Gasteiger partial charge in [0.1, 0.15) is 12.6 Å². The first-order valence-electron chi connectivity index (χ1n) is 12.4. The first-order valence-corrected chi connectivity index (χ1v) is 13.3. The summed E-state index contributed by atoms with van der Waals surface area (Å²) in [6.45, 7) is 8.09. The first kappa shape index (κ1) is 26.0. The highest BCUT2D eigenvalue weighted by atomic mass is 32.1. The number of alkyl halides is 3. The number of carbonyl (C=O) groups is 1. The van der Waals surface area contributed by atoms with Crippen LogP contribution in [0.3, 0.4) is 0 Å². The summed E-state index contributed by atoms with van der Waals surface area (Å²) in [5.74, 6) is -0.0268. The maximum atomic E-state index is 13.9. The predicted octanol–water partition coefficient (Wildman–Crippen LogP) is 4.15. The van der Waals surface area contributed by atoms with E-state index in [1.54, 1.807) is 16.1 Å². The van der Waals surface area contributed by atoms with Gasteiger partial charge in [0, 0.05) is 55.5 Å². The molecule has 0 aliphatic carbocycles. The Morgan fingerprint density at radius 2 is 1.97 bits per heavy atom. The lowest BCUT2D eigenvalue weighted by atomic mass is 9.91. The molecule has 12 heteroatoms. The van der Waals surface area contributed by atoms with E-state index in [0.29, 0.717) is 48.1 Å². The summed E-state index contributed by atoms with van der Waals surface area (Å²) >= 11 is 1.32. The van der Waals surface area contributed by atoms with Gasteiger partial charge in [-0.25, -0.2) is 4.98 Å². The molecule has 3 aromatic rings. The van der Waals surface area contributed by atoms with E-state index < -0.39 is 11.7 Å². The average Bonchev–Trinajstić information content (AvgIpc) is 3.47. The number of amides is 1. The van der Waals surface area contributed by atoms with Crippen LogP contribution < -0.4 is 9.80 Å². The topological polar surface area (TPSA) is 81.3 Å². The number of halogens is 3. The molecule has 0 bridgehead atoms. The second kappa shape index (κ2) is 9.94. The molecule has 1 saturated heterocycles. The van der Waals surface area contributed by atoms with Gasteiger partial charge in [0.15, 0.2) is 10.8 Å². The lowest BCUT2D eigenvalue weighted by Crippen LogP contribution is -2.55. The molecule has 38 heavy (non-hydrogen) atoms. The number of rotatable bonds is 4. The Kier molecular flexibility index (Phi) is 6.81. The fourth-order valence-electron chi connectivity index (χ4n) is 5.45. The quantitative estimate of drug-likeness (QED) is 0.492. The molecule has 1 unspecified atom stereocenters. The Morgan fingerprint density at radius 1 is 1.18 bits per heavy atom. The van der Waals surface area contributed by atoms with Gasteiger partial charge in [-0.15, -0.1) is 11.3 Å². The first-order chi connectivity index (χ1) is 18.0. The van der Waals surface area contributed by atoms with Crippen LogP contribution in [-0.2, 0) is 30.5 Å². The minimum atomic E-state index is -4.44. The summed E-state index contributed by atoms with van der Waals surface area (Å²) < 4.78 is 43.4. The van der Waals surface area contributed by atoms with Crippen LogP contribution in [0.2, 0.25) is 0 Å². The Hall–Kier alpha value is -3.59. The number of anilines is 2. The molecule has 4 heterocycles. The highest BCUT2D eigenvalue weighted by Gasteiger charge is 2.38. The molecule has 200 valence electrons. The maximum Gasteiger partial charge on any atom is 0.416 e. The molecule has 1 amide bonds. The molecule has 1 fully saturated rings. The lowest BCUT2D eigenvalue weighted by molar-refractivity contribution is -0.138. The second-order valence-corrected chi connectivity index (χ2v) is 10.7. The third-order valence-corrected chi connectivity index (χ3v) is 8.15. The number of benzene rings is 1. The van der Waals surface area contributed by atoms with Gasteiger partial charge in [0.2, 0.25) is 5.91 Å². The van der Waals surface area contributed by atoms with E-state index in [9.17, 15) is 18.0 Å². The highest BCUT2D eigenvalue weighted by Crippen LogP contribution is 2.41. The standard InChI is InChI=1S/C26H28F3N7OS/c1-16-10-17(2)36(32-16)14-24(37)35-9-8-33(12-18(35)3)23-5-4-22(26(27,28)29)20-6-7-34(13-21(20)23)25-31-19(11-30)15-38-25/h4-5,10,15,18H,6-9,12-14H2,1-3H3. The van der Waals surface area contributed by atoms with Crippen LogP contribution >= 0.6 is 11.3 Å². The van der Waals surface area contributed by atoms with Gasteiger partial charge in [-0.1, -0.05) is 0 Å². The number of piperazine rings is 1. The summed E-state index contributed by atoms with van der Waals surface area (Å²) in [5.41, 5.74) is 3.19. The zero-order valence-corrected chi connectivity index (χ0v) is 22.2. The van der Waals surface area contributed by atoms with E-state index in [-0.39, 0.29) is 31.5 Å². The van der Waals surface area contributed by atoms with Crippen LogP contribution in [-0.4, -0.2) is 57.8 Å². The molecule has 0 spiro atoms. The van der Waals surface area contributed by atoms with Gasteiger partial charge >= 0.3 is 6.18 Å². The number of thiazole rings is 1. The van der Waals surface area contributed by atoms with Crippen molar-refractivity contribution in [2.45, 2.75) is 52.5 Å². The third kappa shape index (κ3) is 4.95. The molecule has 5 rings (SSSR count). The third-order valence-electron chi connectivity index (χ3n) is 7.25. The Labute approximate surface area is 222 Å². The van der Waals surface area contributed by atoms with Crippen LogP contribution in [0, 0.1) is 25.2 Å². The number of nitrogens with zero attached hydrogens (tertiary/aromatic N) is 7. The summed E-state index contributed by atoms with van der Waals surface area (Å²) in [4.78, 5) is 23.3. The minimum Gasteiger partial charge on any atom is -0.367 e. The number of nitriles is 1. The normalized spacial score (nSPS) is 17.9. The summed E-state index contributed by atoms with van der Waals surface area (Å²) in [7, 11) is 0. The molecule has 0 N–H and O–H groups in total. The van der Waals surface area contributed by atoms with Crippen molar-refractivity contribution in [3.8, 4) is 6.07 Å². The number of aryl methyl sites for hydroxylation is 2. The summed E-state index contributed by atoms with van der Waals surface area (Å²) in [5, 5.41) is 15.8. The molecular formula is C26H28F3N7OS. The van der Waals surface area contributed by atoms with Crippen molar-refractivity contribution in [3.63, 3.8) is 0 Å². The van der Waals surface area contributed by atoms with Crippen LogP contribution in [0.25, 0.3) is 0 Å². The molecular weight excluding hydrogens is 515 g/mol. The molecule has 2 aromatic heterocycles. The molecule has 1 aromatic carbocycles. The average molecular weight is 544 g/mol. The molecule has 2 aliphatic heterocycles. The van der Waals surface area contributed by atoms with E-state index >= 15 is 0 Å². The fraction of sp³-hybridized carbons (Fsp3) is 0.462. The number of fused-ring (bicyclic) bond motifs is 1. The van der Waals surface area contributed by atoms with Gasteiger partial charge in [0.05, 0.1) is 11.3 Å². The van der Waals surface area contributed by atoms with Gasteiger partial charge in [-0.05, 0) is 56.5 Å². The number of carbonyl (C=O) groups excluding carboxylic acids is 1. The zero-order chi connectivity index (χ0) is 27.2. The Balaban J connectivity index is 1.39. The lowest BCUT2D eigenvalue weighted by Gasteiger charge is -2.43. The SMILES string of the molecule is Cc1cc(C)n(CC(=O)N2CCN(c3ccc(C(F)(F)F)c4c3CN(c3nc(C#N)cs3)CC4)CC2C)n1.